The van der Waals surface area contributed by atoms with Crippen molar-refractivity contribution in [2.45, 2.75) is 38.0 Å². The topological polar surface area (TPSA) is 54.5 Å². The number of hydrogen-bond donors (Lipinski definition) is 1. The van der Waals surface area contributed by atoms with Crippen LogP contribution in [0.2, 0.25) is 0 Å². The van der Waals surface area contributed by atoms with Crippen molar-refractivity contribution in [3.8, 4) is 5.75 Å². The molecule has 0 saturated carbocycles. The van der Waals surface area contributed by atoms with Crippen LogP contribution in [0, 0.1) is 0 Å². The van der Waals surface area contributed by atoms with E-state index < -0.39 is 0 Å². The van der Waals surface area contributed by atoms with Crippen LogP contribution >= 0.6 is 24.8 Å². The first-order valence-corrected chi connectivity index (χ1v) is 8.95. The van der Waals surface area contributed by atoms with Gasteiger partial charge in [-0.15, -0.1) is 24.8 Å². The highest BCUT2D eigenvalue weighted by atomic mass is 35.5. The number of ether oxygens (including phenoxy) is 1. The number of pyridine rings is 1. The van der Waals surface area contributed by atoms with E-state index >= 15 is 0 Å². The Morgan fingerprint density at radius 1 is 1.15 bits per heavy atom. The fourth-order valence-corrected chi connectivity index (χ4v) is 3.68. The monoisotopic (exact) mass is 409 g/mol. The van der Waals surface area contributed by atoms with E-state index in [9.17, 15) is 4.79 Å². The third-order valence-corrected chi connectivity index (χ3v) is 5.02. The van der Waals surface area contributed by atoms with Gasteiger partial charge in [0.05, 0.1) is 0 Å². The largest absolute Gasteiger partial charge is 0.489 e. The van der Waals surface area contributed by atoms with Crippen LogP contribution in [0.15, 0.2) is 48.8 Å². The number of halogens is 2. The molecular weight excluding hydrogens is 385 g/mol. The Morgan fingerprint density at radius 3 is 2.81 bits per heavy atom. The van der Waals surface area contributed by atoms with Crippen LogP contribution in [0.1, 0.15) is 35.2 Å². The molecule has 2 saturated heterocycles. The zero-order valence-electron chi connectivity index (χ0n) is 15.0. The van der Waals surface area contributed by atoms with Gasteiger partial charge in [0.25, 0.3) is 5.91 Å². The first-order valence-electron chi connectivity index (χ1n) is 8.95. The molecule has 2 bridgehead atoms. The van der Waals surface area contributed by atoms with Crippen molar-refractivity contribution in [1.29, 1.82) is 0 Å². The van der Waals surface area contributed by atoms with Gasteiger partial charge in [-0.05, 0) is 43.5 Å². The van der Waals surface area contributed by atoms with Crippen molar-refractivity contribution < 1.29 is 9.53 Å². The lowest BCUT2D eigenvalue weighted by molar-refractivity contribution is 0.0747. The second-order valence-corrected chi connectivity index (χ2v) is 6.86. The number of aromatic nitrogens is 1. The molecule has 1 N–H and O–H groups in total. The van der Waals surface area contributed by atoms with Gasteiger partial charge in [0.15, 0.2) is 0 Å². The molecule has 1 aromatic carbocycles. The van der Waals surface area contributed by atoms with Crippen LogP contribution in [0.3, 0.4) is 0 Å². The van der Waals surface area contributed by atoms with Gasteiger partial charge < -0.3 is 15.0 Å². The Morgan fingerprint density at radius 2 is 2.00 bits per heavy atom. The maximum Gasteiger partial charge on any atom is 0.254 e. The quantitative estimate of drug-likeness (QED) is 0.839. The number of benzene rings is 1. The van der Waals surface area contributed by atoms with Crippen molar-refractivity contribution in [1.82, 2.24) is 15.2 Å². The van der Waals surface area contributed by atoms with Gasteiger partial charge in [-0.3, -0.25) is 9.78 Å². The number of carbonyl (C=O) groups excluding carboxylic acids is 1. The first kappa shape index (κ1) is 21.5. The summed E-state index contributed by atoms with van der Waals surface area (Å²) in [6, 6.07) is 12.4. The Kier molecular flexibility index (Phi) is 7.90. The fraction of sp³-hybridized carbons (Fsp3) is 0.400. The molecule has 5 nitrogen and oxygen atoms in total. The van der Waals surface area contributed by atoms with Gasteiger partial charge >= 0.3 is 0 Å². The molecule has 3 heterocycles. The number of nitrogens with zero attached hydrogens (tertiary/aromatic N) is 2. The van der Waals surface area contributed by atoms with Gasteiger partial charge in [0, 0.05) is 48.7 Å². The van der Waals surface area contributed by atoms with Crippen LogP contribution in [0.5, 0.6) is 5.75 Å². The second kappa shape index (κ2) is 9.93. The summed E-state index contributed by atoms with van der Waals surface area (Å²) in [5, 5.41) is 3.61. The summed E-state index contributed by atoms with van der Waals surface area (Å²) in [6.07, 6.45) is 6.98. The third kappa shape index (κ3) is 5.34. The molecule has 1 amide bonds. The fourth-order valence-electron chi connectivity index (χ4n) is 3.68. The van der Waals surface area contributed by atoms with E-state index in [1.807, 2.05) is 41.3 Å². The van der Waals surface area contributed by atoms with E-state index in [2.05, 4.69) is 10.3 Å². The van der Waals surface area contributed by atoms with E-state index in [0.717, 1.165) is 25.1 Å². The Bertz CT molecular complexity index is 745. The molecule has 0 radical (unpaired) electrons. The molecule has 2 aliphatic heterocycles. The van der Waals surface area contributed by atoms with Gasteiger partial charge in [0.1, 0.15) is 12.4 Å². The number of nitrogens with one attached hydrogen (secondary N) is 1. The number of fused-ring (bicyclic) bond motifs is 2. The lowest BCUT2D eigenvalue weighted by Crippen LogP contribution is -2.39. The van der Waals surface area contributed by atoms with Crippen molar-refractivity contribution in [3.63, 3.8) is 0 Å². The van der Waals surface area contributed by atoms with Gasteiger partial charge in [0.2, 0.25) is 0 Å². The maximum absolute atomic E-state index is 12.9. The number of carbonyl (C=O) groups is 1. The number of rotatable bonds is 4. The standard InChI is InChI=1S/C20H23N3O2.2ClH/c24-20(23-10-8-17-6-7-18(13-23)22-17)16-4-1-5-19(11-16)25-14-15-3-2-9-21-12-15;;/h1-5,9,11-12,17-18,22H,6-8,10,13-14H2;2*1H. The Balaban J connectivity index is 0.00000131. The lowest BCUT2D eigenvalue weighted by atomic mass is 10.1. The minimum Gasteiger partial charge on any atom is -0.489 e. The summed E-state index contributed by atoms with van der Waals surface area (Å²) in [7, 11) is 0. The zero-order chi connectivity index (χ0) is 17.1. The summed E-state index contributed by atoms with van der Waals surface area (Å²) >= 11 is 0. The molecule has 2 aromatic rings. The summed E-state index contributed by atoms with van der Waals surface area (Å²) in [5.41, 5.74) is 1.70. The maximum atomic E-state index is 12.9. The molecule has 0 aliphatic carbocycles. The Labute approximate surface area is 172 Å². The van der Waals surface area contributed by atoms with E-state index in [4.69, 9.17) is 4.74 Å². The normalized spacial score (nSPS) is 20.8. The van der Waals surface area contributed by atoms with E-state index in [1.54, 1.807) is 12.4 Å². The average Bonchev–Trinajstić information content (AvgIpc) is 2.99. The van der Waals surface area contributed by atoms with Crippen LogP contribution in [0.25, 0.3) is 0 Å². The predicted octanol–water partition coefficient (Wildman–Crippen LogP) is 3.47. The number of hydrogen-bond acceptors (Lipinski definition) is 4. The highest BCUT2D eigenvalue weighted by Crippen LogP contribution is 2.23. The summed E-state index contributed by atoms with van der Waals surface area (Å²) < 4.78 is 5.82. The number of likely N-dealkylation sites (tertiary alicyclic amines) is 1. The lowest BCUT2D eigenvalue weighted by Gasteiger charge is -2.24. The van der Waals surface area contributed by atoms with Crippen molar-refractivity contribution in [2.24, 2.45) is 0 Å². The smallest absolute Gasteiger partial charge is 0.254 e. The van der Waals surface area contributed by atoms with E-state index in [0.29, 0.717) is 30.0 Å². The van der Waals surface area contributed by atoms with Gasteiger partial charge in [-0.25, -0.2) is 0 Å². The van der Waals surface area contributed by atoms with Gasteiger partial charge in [-0.1, -0.05) is 12.1 Å². The molecule has 2 unspecified atom stereocenters. The second-order valence-electron chi connectivity index (χ2n) is 6.86. The van der Waals surface area contributed by atoms with Crippen LogP contribution in [-0.4, -0.2) is 41.0 Å². The van der Waals surface area contributed by atoms with Crippen LogP contribution < -0.4 is 10.1 Å². The Hall–Kier alpha value is -1.82. The SMILES string of the molecule is Cl.Cl.O=C(c1cccc(OCc2cccnc2)c1)N1CCC2CCC(C1)N2. The predicted molar refractivity (Wildman–Crippen MR) is 110 cm³/mol. The molecule has 4 rings (SSSR count). The third-order valence-electron chi connectivity index (χ3n) is 5.02. The van der Waals surface area contributed by atoms with E-state index in [-0.39, 0.29) is 30.7 Å². The summed E-state index contributed by atoms with van der Waals surface area (Å²) in [6.45, 7) is 2.08. The van der Waals surface area contributed by atoms with Crippen molar-refractivity contribution in [2.75, 3.05) is 13.1 Å². The van der Waals surface area contributed by atoms with Crippen molar-refractivity contribution >= 4 is 30.7 Å². The summed E-state index contributed by atoms with van der Waals surface area (Å²) in [5.74, 6) is 0.811. The zero-order valence-corrected chi connectivity index (χ0v) is 16.7. The molecule has 1 aromatic heterocycles. The number of amides is 1. The van der Waals surface area contributed by atoms with E-state index in [1.165, 1.54) is 12.8 Å². The van der Waals surface area contributed by atoms with Crippen molar-refractivity contribution in [3.05, 3.63) is 59.9 Å². The summed E-state index contributed by atoms with van der Waals surface area (Å²) in [4.78, 5) is 19.0. The minimum absolute atomic E-state index is 0. The van der Waals surface area contributed by atoms with Gasteiger partial charge in [-0.2, -0.15) is 0 Å². The molecule has 0 spiro atoms. The highest BCUT2D eigenvalue weighted by molar-refractivity contribution is 5.94. The molecule has 7 heteroatoms. The molecule has 146 valence electrons. The molecule has 2 fully saturated rings. The highest BCUT2D eigenvalue weighted by Gasteiger charge is 2.31. The minimum atomic E-state index is 0. The van der Waals surface area contributed by atoms with Crippen LogP contribution in [-0.2, 0) is 6.61 Å². The molecule has 2 aliphatic rings. The van der Waals surface area contributed by atoms with Crippen LogP contribution in [0.4, 0.5) is 0 Å². The molecule has 27 heavy (non-hydrogen) atoms. The average molecular weight is 410 g/mol. The molecule has 2 atom stereocenters. The first-order chi connectivity index (χ1) is 12.3. The molecular formula is C20H25Cl2N3O2.